The van der Waals surface area contributed by atoms with Gasteiger partial charge in [0, 0.05) is 6.61 Å². The van der Waals surface area contributed by atoms with Crippen LogP contribution >= 0.6 is 0 Å². The summed E-state index contributed by atoms with van der Waals surface area (Å²) in [5, 5.41) is 2.27. The van der Waals surface area contributed by atoms with Crippen LogP contribution in [0.25, 0.3) is 0 Å². The summed E-state index contributed by atoms with van der Waals surface area (Å²) in [5.74, 6) is -1.22. The number of carbonyl (C=O) groups excluding carboxylic acids is 1. The Morgan fingerprint density at radius 1 is 1.50 bits per heavy atom. The van der Waals surface area contributed by atoms with E-state index in [-0.39, 0.29) is 6.10 Å². The first-order valence-corrected chi connectivity index (χ1v) is 4.94. The lowest BCUT2D eigenvalue weighted by atomic mass is 10.0. The monoisotopic (exact) mass is 240 g/mol. The Hall–Kier alpha value is -0.820. The molecule has 0 aromatic heterocycles. The number of carbonyl (C=O) groups is 1. The van der Waals surface area contributed by atoms with Gasteiger partial charge < -0.3 is 15.8 Å². The summed E-state index contributed by atoms with van der Waals surface area (Å²) < 4.78 is 42.4. The first-order valence-electron chi connectivity index (χ1n) is 4.94. The molecule has 0 aromatic rings. The molecule has 16 heavy (non-hydrogen) atoms. The number of amides is 1. The van der Waals surface area contributed by atoms with Crippen LogP contribution in [0.1, 0.15) is 20.3 Å². The molecule has 3 unspecified atom stereocenters. The van der Waals surface area contributed by atoms with E-state index in [1.165, 1.54) is 0 Å². The number of ether oxygens (including phenoxy) is 1. The summed E-state index contributed by atoms with van der Waals surface area (Å²) in [6, 6.07) is -0.405. The zero-order chi connectivity index (χ0) is 12.6. The lowest BCUT2D eigenvalue weighted by Crippen LogP contribution is -2.63. The summed E-state index contributed by atoms with van der Waals surface area (Å²) >= 11 is 0. The van der Waals surface area contributed by atoms with Crippen LogP contribution in [0.3, 0.4) is 0 Å². The van der Waals surface area contributed by atoms with Gasteiger partial charge in [-0.3, -0.25) is 4.79 Å². The van der Waals surface area contributed by atoms with Crippen molar-refractivity contribution in [3.63, 3.8) is 0 Å². The van der Waals surface area contributed by atoms with Gasteiger partial charge in [-0.2, -0.15) is 13.2 Å². The fraction of sp³-hybridized carbons (Fsp3) is 0.889. The number of halogens is 3. The van der Waals surface area contributed by atoms with Gasteiger partial charge in [-0.1, -0.05) is 0 Å². The van der Waals surface area contributed by atoms with E-state index in [1.54, 1.807) is 6.92 Å². The van der Waals surface area contributed by atoms with Gasteiger partial charge in [0.1, 0.15) is 0 Å². The van der Waals surface area contributed by atoms with Gasteiger partial charge in [0.15, 0.2) is 5.54 Å². The van der Waals surface area contributed by atoms with Crippen molar-refractivity contribution in [3.8, 4) is 0 Å². The first-order chi connectivity index (χ1) is 7.16. The highest BCUT2D eigenvalue weighted by atomic mass is 19.4. The van der Waals surface area contributed by atoms with E-state index in [2.05, 4.69) is 5.32 Å². The Morgan fingerprint density at radius 2 is 2.06 bits per heavy atom. The average Bonchev–Trinajstić information content (AvgIpc) is 2.49. The molecule has 1 aliphatic heterocycles. The van der Waals surface area contributed by atoms with Crippen LogP contribution in [0.2, 0.25) is 0 Å². The van der Waals surface area contributed by atoms with E-state index >= 15 is 0 Å². The molecule has 0 bridgehead atoms. The van der Waals surface area contributed by atoms with Crippen LogP contribution in [0.4, 0.5) is 13.2 Å². The molecule has 1 fully saturated rings. The normalized spacial score (nSPS) is 29.9. The molecule has 4 nitrogen and oxygen atoms in total. The van der Waals surface area contributed by atoms with Gasteiger partial charge in [-0.15, -0.1) is 0 Å². The number of hydrogen-bond acceptors (Lipinski definition) is 3. The second-order valence-electron chi connectivity index (χ2n) is 4.14. The van der Waals surface area contributed by atoms with Crippen molar-refractivity contribution >= 4 is 5.91 Å². The number of nitrogens with two attached hydrogens (primary N) is 1. The highest BCUT2D eigenvalue weighted by Crippen LogP contribution is 2.28. The van der Waals surface area contributed by atoms with Gasteiger partial charge in [0.05, 0.1) is 12.1 Å². The largest absolute Gasteiger partial charge is 0.415 e. The van der Waals surface area contributed by atoms with E-state index in [4.69, 9.17) is 10.5 Å². The number of hydrogen-bond donors (Lipinski definition) is 2. The molecule has 0 saturated carbocycles. The van der Waals surface area contributed by atoms with Gasteiger partial charge in [0.2, 0.25) is 5.91 Å². The van der Waals surface area contributed by atoms with Crippen molar-refractivity contribution in [3.05, 3.63) is 0 Å². The lowest BCUT2D eigenvalue weighted by Gasteiger charge is -2.28. The van der Waals surface area contributed by atoms with Crippen molar-refractivity contribution < 1.29 is 22.7 Å². The molecule has 1 heterocycles. The minimum absolute atomic E-state index is 0.284. The minimum Gasteiger partial charge on any atom is -0.376 e. The standard InChI is InChI=1S/C9H15F3N2O2/c1-5-6(3-4-16-5)14-7(15)8(2,13)9(10,11)12/h5-6H,3-4,13H2,1-2H3,(H,14,15). The number of nitrogens with one attached hydrogen (secondary N) is 1. The van der Waals surface area contributed by atoms with Crippen molar-refractivity contribution in [2.75, 3.05) is 6.61 Å². The summed E-state index contributed by atoms with van der Waals surface area (Å²) in [5.41, 5.74) is 2.12. The van der Waals surface area contributed by atoms with Crippen LogP contribution in [-0.2, 0) is 9.53 Å². The third-order valence-electron chi connectivity index (χ3n) is 2.75. The topological polar surface area (TPSA) is 64.3 Å². The third-order valence-corrected chi connectivity index (χ3v) is 2.75. The molecule has 0 radical (unpaired) electrons. The zero-order valence-corrected chi connectivity index (χ0v) is 9.10. The molecular formula is C9H15F3N2O2. The highest BCUT2D eigenvalue weighted by molar-refractivity contribution is 5.86. The van der Waals surface area contributed by atoms with Crippen LogP contribution in [0, 0.1) is 0 Å². The van der Waals surface area contributed by atoms with Gasteiger partial charge in [0.25, 0.3) is 0 Å². The smallest absolute Gasteiger partial charge is 0.376 e. The predicted molar refractivity (Wildman–Crippen MR) is 50.6 cm³/mol. The molecule has 1 aliphatic rings. The Labute approximate surface area is 91.3 Å². The fourth-order valence-corrected chi connectivity index (χ4v) is 1.37. The minimum atomic E-state index is -4.76. The predicted octanol–water partition coefficient (Wildman–Crippen LogP) is 0.560. The van der Waals surface area contributed by atoms with E-state index < -0.39 is 23.7 Å². The molecule has 0 aromatic carbocycles. The first kappa shape index (κ1) is 13.2. The molecule has 7 heteroatoms. The summed E-state index contributed by atoms with van der Waals surface area (Å²) in [7, 11) is 0. The molecule has 3 N–H and O–H groups in total. The van der Waals surface area contributed by atoms with Gasteiger partial charge in [-0.25, -0.2) is 0 Å². The second-order valence-corrected chi connectivity index (χ2v) is 4.14. The van der Waals surface area contributed by atoms with Crippen molar-refractivity contribution in [2.24, 2.45) is 5.73 Å². The maximum absolute atomic E-state index is 12.4. The summed E-state index contributed by atoms with van der Waals surface area (Å²) in [4.78, 5) is 11.4. The van der Waals surface area contributed by atoms with Crippen molar-refractivity contribution in [2.45, 2.75) is 44.1 Å². The molecule has 3 atom stereocenters. The molecule has 1 rings (SSSR count). The number of alkyl halides is 3. The Morgan fingerprint density at radius 3 is 2.44 bits per heavy atom. The fourth-order valence-electron chi connectivity index (χ4n) is 1.37. The highest BCUT2D eigenvalue weighted by Gasteiger charge is 2.54. The van der Waals surface area contributed by atoms with E-state index in [9.17, 15) is 18.0 Å². The van der Waals surface area contributed by atoms with E-state index in [1.807, 2.05) is 0 Å². The summed E-state index contributed by atoms with van der Waals surface area (Å²) in [6.07, 6.45) is -4.55. The molecular weight excluding hydrogens is 225 g/mol. The third kappa shape index (κ3) is 2.46. The van der Waals surface area contributed by atoms with Crippen molar-refractivity contribution in [1.29, 1.82) is 0 Å². The van der Waals surface area contributed by atoms with Gasteiger partial charge >= 0.3 is 6.18 Å². The number of rotatable bonds is 2. The Bertz CT molecular complexity index is 278. The van der Waals surface area contributed by atoms with E-state index in [0.717, 1.165) is 0 Å². The van der Waals surface area contributed by atoms with Crippen molar-refractivity contribution in [1.82, 2.24) is 5.32 Å². The van der Waals surface area contributed by atoms with Crippen LogP contribution < -0.4 is 11.1 Å². The molecule has 94 valence electrons. The quantitative estimate of drug-likeness (QED) is 0.741. The van der Waals surface area contributed by atoms with Crippen LogP contribution in [-0.4, -0.2) is 36.4 Å². The SMILES string of the molecule is CC1OCCC1NC(=O)C(C)(N)C(F)(F)F. The van der Waals surface area contributed by atoms with Gasteiger partial charge in [-0.05, 0) is 20.3 Å². The summed E-state index contributed by atoms with van der Waals surface area (Å²) in [6.45, 7) is 2.78. The Kier molecular flexibility index (Phi) is 3.49. The second kappa shape index (κ2) is 4.21. The molecule has 1 amide bonds. The maximum atomic E-state index is 12.4. The van der Waals surface area contributed by atoms with E-state index in [0.29, 0.717) is 20.0 Å². The average molecular weight is 240 g/mol. The molecule has 0 spiro atoms. The lowest BCUT2D eigenvalue weighted by molar-refractivity contribution is -0.187. The molecule has 0 aliphatic carbocycles. The Balaban J connectivity index is 2.65. The van der Waals surface area contributed by atoms with Crippen LogP contribution in [0.5, 0.6) is 0 Å². The maximum Gasteiger partial charge on any atom is 0.415 e. The molecule has 1 saturated heterocycles. The van der Waals surface area contributed by atoms with Crippen LogP contribution in [0.15, 0.2) is 0 Å². The zero-order valence-electron chi connectivity index (χ0n) is 9.10.